The first kappa shape index (κ1) is 25.1. The smallest absolute Gasteiger partial charge is 0.262 e. The maximum absolute atomic E-state index is 13.1. The monoisotopic (exact) mass is 546 g/mol. The summed E-state index contributed by atoms with van der Waals surface area (Å²) in [6.07, 6.45) is 0. The molecule has 0 spiro atoms. The van der Waals surface area contributed by atoms with Gasteiger partial charge in [0.25, 0.3) is 20.0 Å². The summed E-state index contributed by atoms with van der Waals surface area (Å²) in [6.45, 7) is 0. The lowest BCUT2D eigenvalue weighted by molar-refractivity contribution is 0.471. The molecule has 5 rings (SSSR count). The van der Waals surface area contributed by atoms with Gasteiger partial charge in [0.1, 0.15) is 11.5 Å². The van der Waals surface area contributed by atoms with Crippen molar-refractivity contribution < 1.29 is 27.0 Å². The van der Waals surface area contributed by atoms with E-state index in [-0.39, 0.29) is 38.0 Å². The third-order valence-corrected chi connectivity index (χ3v) is 8.67. The molecule has 192 valence electrons. The number of fused-ring (bicyclic) bond motifs is 1. The van der Waals surface area contributed by atoms with E-state index in [2.05, 4.69) is 9.44 Å². The van der Waals surface area contributed by atoms with Gasteiger partial charge in [-0.1, -0.05) is 66.7 Å². The summed E-state index contributed by atoms with van der Waals surface area (Å²) < 4.78 is 57.1. The van der Waals surface area contributed by atoms with Gasteiger partial charge in [-0.15, -0.1) is 0 Å². The molecule has 0 amide bonds. The van der Waals surface area contributed by atoms with Gasteiger partial charge in [-0.2, -0.15) is 0 Å². The van der Waals surface area contributed by atoms with E-state index in [9.17, 15) is 27.0 Å². The van der Waals surface area contributed by atoms with Crippen LogP contribution in [0.15, 0.2) is 119 Å². The van der Waals surface area contributed by atoms with Gasteiger partial charge in [0, 0.05) is 11.1 Å². The van der Waals surface area contributed by atoms with Crippen LogP contribution in [-0.4, -0.2) is 27.0 Å². The quantitative estimate of drug-likeness (QED) is 0.157. The highest BCUT2D eigenvalue weighted by molar-refractivity contribution is 7.93. The molecule has 0 fully saturated rings. The van der Waals surface area contributed by atoms with Crippen LogP contribution in [0.4, 0.5) is 11.4 Å². The largest absolute Gasteiger partial charge is 0.507 e. The number of sulfonamides is 2. The van der Waals surface area contributed by atoms with E-state index >= 15 is 0 Å². The molecule has 0 aliphatic heterocycles. The molecule has 0 saturated heterocycles. The van der Waals surface area contributed by atoms with Crippen molar-refractivity contribution in [2.75, 3.05) is 9.44 Å². The highest BCUT2D eigenvalue weighted by atomic mass is 32.2. The first-order valence-corrected chi connectivity index (χ1v) is 14.4. The standard InChI is InChI=1S/C28H22N2O6S2/c31-26-16-15-19-9-7-8-14-23(19)27(26)24-17-20(29-37(33,34)21-10-3-1-4-11-21)18-25(28(24)32)30-38(35,36)22-12-5-2-6-13-22/h1-18,29-32H. The fourth-order valence-corrected chi connectivity index (χ4v) is 6.26. The average molecular weight is 547 g/mol. The van der Waals surface area contributed by atoms with Crippen molar-refractivity contribution in [1.82, 2.24) is 0 Å². The molecule has 0 heterocycles. The number of aromatic hydroxyl groups is 2. The fourth-order valence-electron chi connectivity index (χ4n) is 4.12. The van der Waals surface area contributed by atoms with Crippen LogP contribution in [0.2, 0.25) is 0 Å². The molecule has 0 aliphatic carbocycles. The molecule has 5 aromatic carbocycles. The second-order valence-electron chi connectivity index (χ2n) is 8.44. The van der Waals surface area contributed by atoms with Crippen molar-refractivity contribution in [3.63, 3.8) is 0 Å². The fraction of sp³-hybridized carbons (Fsp3) is 0. The van der Waals surface area contributed by atoms with Crippen molar-refractivity contribution in [3.8, 4) is 22.6 Å². The number of hydrogen-bond donors (Lipinski definition) is 4. The Hall–Kier alpha value is -4.54. The van der Waals surface area contributed by atoms with Gasteiger partial charge in [0.2, 0.25) is 0 Å². The molecular formula is C28H22N2O6S2. The predicted molar refractivity (Wildman–Crippen MR) is 147 cm³/mol. The molecule has 0 saturated carbocycles. The first-order valence-electron chi connectivity index (χ1n) is 11.4. The Labute approximate surface area is 219 Å². The Morgan fingerprint density at radius 1 is 0.579 bits per heavy atom. The van der Waals surface area contributed by atoms with E-state index < -0.39 is 25.8 Å². The lowest BCUT2D eigenvalue weighted by Gasteiger charge is -2.18. The minimum absolute atomic E-state index is 0.00551. The van der Waals surface area contributed by atoms with Gasteiger partial charge in [0.15, 0.2) is 0 Å². The zero-order valence-electron chi connectivity index (χ0n) is 19.7. The summed E-state index contributed by atoms with van der Waals surface area (Å²) >= 11 is 0. The van der Waals surface area contributed by atoms with Crippen LogP contribution in [0.1, 0.15) is 0 Å². The van der Waals surface area contributed by atoms with E-state index in [1.807, 2.05) is 12.1 Å². The molecule has 0 aromatic heterocycles. The average Bonchev–Trinajstić information content (AvgIpc) is 2.91. The summed E-state index contributed by atoms with van der Waals surface area (Å²) in [6, 6.07) is 28.0. The van der Waals surface area contributed by atoms with Gasteiger partial charge in [-0.25, -0.2) is 16.8 Å². The van der Waals surface area contributed by atoms with Crippen LogP contribution in [0, 0.1) is 0 Å². The lowest BCUT2D eigenvalue weighted by atomic mass is 9.95. The van der Waals surface area contributed by atoms with Crippen LogP contribution in [0.3, 0.4) is 0 Å². The van der Waals surface area contributed by atoms with Crippen LogP contribution < -0.4 is 9.44 Å². The van der Waals surface area contributed by atoms with Crippen molar-refractivity contribution >= 4 is 42.2 Å². The highest BCUT2D eigenvalue weighted by Crippen LogP contribution is 2.46. The Balaban J connectivity index is 1.71. The van der Waals surface area contributed by atoms with E-state index in [1.165, 1.54) is 42.5 Å². The summed E-state index contributed by atoms with van der Waals surface area (Å²) in [5.41, 5.74) is -0.0657. The van der Waals surface area contributed by atoms with Crippen molar-refractivity contribution in [3.05, 3.63) is 109 Å². The van der Waals surface area contributed by atoms with Crippen molar-refractivity contribution in [2.45, 2.75) is 9.79 Å². The van der Waals surface area contributed by atoms with Crippen molar-refractivity contribution in [2.24, 2.45) is 0 Å². The zero-order chi connectivity index (χ0) is 26.9. The van der Waals surface area contributed by atoms with E-state index in [4.69, 9.17) is 0 Å². The summed E-state index contributed by atoms with van der Waals surface area (Å²) in [4.78, 5) is -0.0572. The van der Waals surface area contributed by atoms with E-state index in [1.54, 1.807) is 54.6 Å². The maximum Gasteiger partial charge on any atom is 0.262 e. The number of nitrogens with one attached hydrogen (secondary N) is 2. The van der Waals surface area contributed by atoms with Crippen LogP contribution in [0.25, 0.3) is 21.9 Å². The predicted octanol–water partition coefficient (Wildman–Crippen LogP) is 5.52. The van der Waals surface area contributed by atoms with E-state index in [0.29, 0.717) is 5.39 Å². The van der Waals surface area contributed by atoms with Gasteiger partial charge >= 0.3 is 0 Å². The molecule has 0 bridgehead atoms. The number of hydrogen-bond acceptors (Lipinski definition) is 6. The van der Waals surface area contributed by atoms with Crippen LogP contribution in [-0.2, 0) is 20.0 Å². The number of benzene rings is 5. The molecule has 0 unspecified atom stereocenters. The highest BCUT2D eigenvalue weighted by Gasteiger charge is 2.23. The third-order valence-electron chi connectivity index (χ3n) is 5.89. The second kappa shape index (κ2) is 9.73. The molecule has 10 heteroatoms. The second-order valence-corrected chi connectivity index (χ2v) is 11.8. The van der Waals surface area contributed by atoms with Gasteiger partial charge < -0.3 is 10.2 Å². The number of phenols is 2. The van der Waals surface area contributed by atoms with Gasteiger partial charge in [-0.05, 0) is 53.2 Å². The minimum Gasteiger partial charge on any atom is -0.507 e. The van der Waals surface area contributed by atoms with Gasteiger partial charge in [0.05, 0.1) is 21.2 Å². The number of anilines is 2. The Morgan fingerprint density at radius 2 is 1.13 bits per heavy atom. The lowest BCUT2D eigenvalue weighted by Crippen LogP contribution is -2.15. The summed E-state index contributed by atoms with van der Waals surface area (Å²) in [5, 5.41) is 23.4. The molecule has 0 atom stereocenters. The molecule has 4 N–H and O–H groups in total. The Bertz CT molecular complexity index is 1860. The number of rotatable bonds is 7. The first-order chi connectivity index (χ1) is 18.2. The number of phenolic OH excluding ortho intramolecular Hbond substituents is 2. The molecular weight excluding hydrogens is 524 g/mol. The topological polar surface area (TPSA) is 133 Å². The summed E-state index contributed by atoms with van der Waals surface area (Å²) in [7, 11) is -8.21. The molecule has 38 heavy (non-hydrogen) atoms. The molecule has 5 aromatic rings. The van der Waals surface area contributed by atoms with E-state index in [0.717, 1.165) is 5.39 Å². The molecule has 0 aliphatic rings. The van der Waals surface area contributed by atoms with Crippen molar-refractivity contribution in [1.29, 1.82) is 0 Å². The molecule has 8 nitrogen and oxygen atoms in total. The SMILES string of the molecule is O=S(=O)(Nc1cc(NS(=O)(=O)c2ccccc2)c(O)c(-c2c(O)ccc3ccccc23)c1)c1ccccc1. The Morgan fingerprint density at radius 3 is 1.76 bits per heavy atom. The van der Waals surface area contributed by atoms with Crippen LogP contribution in [0.5, 0.6) is 11.5 Å². The summed E-state index contributed by atoms with van der Waals surface area (Å²) in [5.74, 6) is -0.669. The van der Waals surface area contributed by atoms with Crippen LogP contribution >= 0.6 is 0 Å². The maximum atomic E-state index is 13.1. The molecule has 0 radical (unpaired) electrons. The van der Waals surface area contributed by atoms with Gasteiger partial charge in [-0.3, -0.25) is 9.44 Å². The normalized spacial score (nSPS) is 11.8. The minimum atomic E-state index is -4.15. The Kier molecular flexibility index (Phi) is 6.43. The third kappa shape index (κ3) is 4.86. The zero-order valence-corrected chi connectivity index (χ0v) is 21.4.